The topological polar surface area (TPSA) is 89.0 Å². The van der Waals surface area contributed by atoms with Gasteiger partial charge in [0.25, 0.3) is 0 Å². The number of ether oxygens (including phenoxy) is 5. The highest BCUT2D eigenvalue weighted by Crippen LogP contribution is 2.37. The Bertz CT molecular complexity index is 1710. The first kappa shape index (κ1) is 32.5. The van der Waals surface area contributed by atoms with Crippen molar-refractivity contribution in [1.29, 1.82) is 0 Å². The minimum absolute atomic E-state index is 0.368. The highest BCUT2D eigenvalue weighted by Gasteiger charge is 2.18. The predicted molar refractivity (Wildman–Crippen MR) is 179 cm³/mol. The number of nitrogens with zero attached hydrogens (tertiary/aromatic N) is 2. The minimum atomic E-state index is -0.448. The lowest BCUT2D eigenvalue weighted by molar-refractivity contribution is 0.0598. The Morgan fingerprint density at radius 3 is 2.26 bits per heavy atom. The predicted octanol–water partition coefficient (Wildman–Crippen LogP) is 8.73. The van der Waals surface area contributed by atoms with Gasteiger partial charge in [-0.1, -0.05) is 68.8 Å². The number of carbonyl (C=O) groups is 1. The fraction of sp³-hybridized carbons (Fsp3) is 0.270. The molecule has 0 N–H and O–H groups in total. The number of para-hydroxylation sites is 1. The van der Waals surface area contributed by atoms with Gasteiger partial charge in [-0.2, -0.15) is 8.75 Å². The van der Waals surface area contributed by atoms with E-state index >= 15 is 0 Å². The standard InChI is InChI=1S/C37H38N2O6S/c1-4-13-28-32(18-11-19-33(28)45-34-17-10-9-16-29(34)37(40)41-3)42-20-12-21-43-35-23-36(44-25-26-14-7-6-8-15-26)30(22-27(35)5-2)31-24-38-46-39-31/h6-11,14-19,22-24H,4-5,12-13,20-21,25H2,1-3H3. The highest BCUT2D eigenvalue weighted by atomic mass is 32.1. The molecule has 0 saturated carbocycles. The zero-order valence-electron chi connectivity index (χ0n) is 26.4. The van der Waals surface area contributed by atoms with Gasteiger partial charge in [0.15, 0.2) is 0 Å². The summed E-state index contributed by atoms with van der Waals surface area (Å²) in [5.74, 6) is 2.88. The summed E-state index contributed by atoms with van der Waals surface area (Å²) in [4.78, 5) is 12.3. The zero-order chi connectivity index (χ0) is 32.1. The molecule has 8 nitrogen and oxygen atoms in total. The van der Waals surface area contributed by atoms with Crippen LogP contribution in [-0.2, 0) is 24.2 Å². The van der Waals surface area contributed by atoms with E-state index in [4.69, 9.17) is 23.7 Å². The van der Waals surface area contributed by atoms with Crippen LogP contribution in [0, 0.1) is 0 Å². The quantitative estimate of drug-likeness (QED) is 0.0783. The Morgan fingerprint density at radius 1 is 0.783 bits per heavy atom. The van der Waals surface area contributed by atoms with Gasteiger partial charge < -0.3 is 23.7 Å². The number of hydrogen-bond donors (Lipinski definition) is 0. The van der Waals surface area contributed by atoms with Gasteiger partial charge in [-0.3, -0.25) is 0 Å². The van der Waals surface area contributed by atoms with Gasteiger partial charge in [0, 0.05) is 23.6 Å². The molecule has 1 aromatic heterocycles. The third kappa shape index (κ3) is 8.22. The molecule has 0 aliphatic rings. The Kier molecular flexibility index (Phi) is 11.6. The van der Waals surface area contributed by atoms with Crippen LogP contribution in [0.3, 0.4) is 0 Å². The number of aromatic nitrogens is 2. The van der Waals surface area contributed by atoms with Crippen LogP contribution in [0.4, 0.5) is 0 Å². The van der Waals surface area contributed by atoms with Crippen molar-refractivity contribution < 1.29 is 28.5 Å². The van der Waals surface area contributed by atoms with Crippen molar-refractivity contribution in [2.24, 2.45) is 0 Å². The van der Waals surface area contributed by atoms with E-state index in [9.17, 15) is 4.79 Å². The lowest BCUT2D eigenvalue weighted by Gasteiger charge is -2.18. The molecule has 0 bridgehead atoms. The van der Waals surface area contributed by atoms with Crippen molar-refractivity contribution in [2.75, 3.05) is 20.3 Å². The molecule has 1 heterocycles. The summed E-state index contributed by atoms with van der Waals surface area (Å²) in [5, 5.41) is 0. The summed E-state index contributed by atoms with van der Waals surface area (Å²) in [6, 6.07) is 26.9. The number of carbonyl (C=O) groups excluding carboxylic acids is 1. The number of benzene rings is 4. The van der Waals surface area contributed by atoms with Gasteiger partial charge in [-0.05, 0) is 54.3 Å². The summed E-state index contributed by atoms with van der Waals surface area (Å²) in [6.45, 7) is 5.57. The monoisotopic (exact) mass is 638 g/mol. The van der Waals surface area contributed by atoms with Crippen LogP contribution >= 0.6 is 11.7 Å². The van der Waals surface area contributed by atoms with E-state index in [-0.39, 0.29) is 0 Å². The maximum Gasteiger partial charge on any atom is 0.341 e. The molecule has 0 saturated heterocycles. The van der Waals surface area contributed by atoms with E-state index in [1.807, 2.05) is 60.7 Å². The van der Waals surface area contributed by atoms with Crippen LogP contribution in [0.2, 0.25) is 0 Å². The molecule has 0 spiro atoms. The Labute approximate surface area is 274 Å². The molecule has 0 aliphatic heterocycles. The zero-order valence-corrected chi connectivity index (χ0v) is 27.2. The molecule has 4 aromatic carbocycles. The summed E-state index contributed by atoms with van der Waals surface area (Å²) in [7, 11) is 1.36. The van der Waals surface area contributed by atoms with Gasteiger partial charge in [0.1, 0.15) is 46.6 Å². The van der Waals surface area contributed by atoms with Crippen molar-refractivity contribution in [3.8, 4) is 40.0 Å². The van der Waals surface area contributed by atoms with Gasteiger partial charge in [-0.15, -0.1) is 0 Å². The van der Waals surface area contributed by atoms with Crippen molar-refractivity contribution in [3.05, 3.63) is 113 Å². The molecule has 46 heavy (non-hydrogen) atoms. The average molecular weight is 639 g/mol. The fourth-order valence-electron chi connectivity index (χ4n) is 5.00. The van der Waals surface area contributed by atoms with Crippen LogP contribution < -0.4 is 18.9 Å². The number of esters is 1. The highest BCUT2D eigenvalue weighted by molar-refractivity contribution is 6.99. The molecular formula is C37H38N2O6S. The normalized spacial score (nSPS) is 10.8. The number of methoxy groups -OCH3 is 1. The van der Waals surface area contributed by atoms with Gasteiger partial charge >= 0.3 is 5.97 Å². The maximum absolute atomic E-state index is 12.3. The van der Waals surface area contributed by atoms with Crippen molar-refractivity contribution in [1.82, 2.24) is 8.75 Å². The third-order valence-electron chi connectivity index (χ3n) is 7.32. The van der Waals surface area contributed by atoms with E-state index < -0.39 is 5.97 Å². The third-order valence-corrected chi connectivity index (χ3v) is 7.80. The van der Waals surface area contributed by atoms with Crippen LogP contribution in [0.15, 0.2) is 91.1 Å². The number of rotatable bonds is 16. The molecule has 238 valence electrons. The van der Waals surface area contributed by atoms with E-state index in [1.165, 1.54) is 18.8 Å². The lowest BCUT2D eigenvalue weighted by atomic mass is 10.0. The first-order valence-corrected chi connectivity index (χ1v) is 16.2. The first-order valence-electron chi connectivity index (χ1n) is 15.5. The van der Waals surface area contributed by atoms with E-state index in [0.29, 0.717) is 49.1 Å². The maximum atomic E-state index is 12.3. The molecule has 0 amide bonds. The Morgan fingerprint density at radius 2 is 1.52 bits per heavy atom. The van der Waals surface area contributed by atoms with Gasteiger partial charge in [-0.25, -0.2) is 4.79 Å². The molecular weight excluding hydrogens is 600 g/mol. The second-order valence-corrected chi connectivity index (χ2v) is 11.1. The average Bonchev–Trinajstić information content (AvgIpc) is 3.64. The molecule has 0 unspecified atom stereocenters. The molecule has 0 radical (unpaired) electrons. The second-order valence-electron chi connectivity index (χ2n) is 10.5. The molecule has 5 aromatic rings. The van der Waals surface area contributed by atoms with E-state index in [2.05, 4.69) is 28.7 Å². The van der Waals surface area contributed by atoms with Crippen LogP contribution in [-0.4, -0.2) is 35.0 Å². The molecule has 0 fully saturated rings. The summed E-state index contributed by atoms with van der Waals surface area (Å²) < 4.78 is 38.6. The van der Waals surface area contributed by atoms with E-state index in [1.54, 1.807) is 24.4 Å². The Hall–Kier alpha value is -4.89. The largest absolute Gasteiger partial charge is 0.493 e. The van der Waals surface area contributed by atoms with Gasteiger partial charge in [0.05, 0.1) is 38.2 Å². The minimum Gasteiger partial charge on any atom is -0.493 e. The molecule has 9 heteroatoms. The SMILES string of the molecule is CCCc1c(OCCCOc2cc(OCc3ccccc3)c(-c3cnsn3)cc2CC)cccc1Oc1ccccc1C(=O)OC. The van der Waals surface area contributed by atoms with Gasteiger partial charge in [0.2, 0.25) is 0 Å². The van der Waals surface area contributed by atoms with Crippen LogP contribution in [0.25, 0.3) is 11.3 Å². The van der Waals surface area contributed by atoms with E-state index in [0.717, 1.165) is 58.7 Å². The summed E-state index contributed by atoms with van der Waals surface area (Å²) >= 11 is 1.17. The molecule has 0 atom stereocenters. The second kappa shape index (κ2) is 16.4. The number of hydrogen-bond acceptors (Lipinski definition) is 9. The smallest absolute Gasteiger partial charge is 0.341 e. The van der Waals surface area contributed by atoms with Crippen LogP contribution in [0.5, 0.6) is 28.7 Å². The first-order chi connectivity index (χ1) is 22.6. The Balaban J connectivity index is 1.25. The summed E-state index contributed by atoms with van der Waals surface area (Å²) in [5.41, 5.74) is 5.15. The summed E-state index contributed by atoms with van der Waals surface area (Å²) in [6.07, 6.45) is 4.89. The van der Waals surface area contributed by atoms with Crippen molar-refractivity contribution in [2.45, 2.75) is 46.1 Å². The fourth-order valence-corrected chi connectivity index (χ4v) is 5.43. The lowest BCUT2D eigenvalue weighted by Crippen LogP contribution is -2.08. The molecule has 0 aliphatic carbocycles. The number of aryl methyl sites for hydroxylation is 1. The van der Waals surface area contributed by atoms with Crippen molar-refractivity contribution in [3.63, 3.8) is 0 Å². The van der Waals surface area contributed by atoms with Crippen molar-refractivity contribution >= 4 is 17.7 Å². The van der Waals surface area contributed by atoms with Crippen LogP contribution in [0.1, 0.15) is 53.7 Å². The molecule has 5 rings (SSSR count).